The summed E-state index contributed by atoms with van der Waals surface area (Å²) in [5.74, 6) is 0.896. The van der Waals surface area contributed by atoms with Crippen LogP contribution in [-0.4, -0.2) is 30.6 Å². The van der Waals surface area contributed by atoms with Gasteiger partial charge >= 0.3 is 0 Å². The molecule has 1 aromatic carbocycles. The molecule has 15 heavy (non-hydrogen) atoms. The first-order valence-electron chi connectivity index (χ1n) is 5.90. The molecule has 2 saturated heterocycles. The normalized spacial score (nSPS) is 30.7. The lowest BCUT2D eigenvalue weighted by atomic mass is 10.0. The Morgan fingerprint density at radius 1 is 1.20 bits per heavy atom. The first-order valence-corrected chi connectivity index (χ1v) is 5.90. The molecule has 2 nitrogen and oxygen atoms in total. The molecule has 0 aromatic heterocycles. The lowest BCUT2D eigenvalue weighted by Crippen LogP contribution is -2.38. The second-order valence-corrected chi connectivity index (χ2v) is 4.83. The molecule has 0 spiro atoms. The number of benzene rings is 1. The number of rotatable bonds is 2. The van der Waals surface area contributed by atoms with Crippen LogP contribution in [0.3, 0.4) is 0 Å². The van der Waals surface area contributed by atoms with E-state index >= 15 is 0 Å². The average molecular weight is 202 g/mol. The van der Waals surface area contributed by atoms with Crippen LogP contribution in [0.5, 0.6) is 0 Å². The van der Waals surface area contributed by atoms with Crippen LogP contribution in [0.15, 0.2) is 30.3 Å². The van der Waals surface area contributed by atoms with Crippen LogP contribution in [0.1, 0.15) is 12.0 Å². The molecular formula is C13H18N2. The van der Waals surface area contributed by atoms with Crippen molar-refractivity contribution < 1.29 is 0 Å². The second-order valence-electron chi connectivity index (χ2n) is 4.83. The Balaban J connectivity index is 1.69. The van der Waals surface area contributed by atoms with Crippen LogP contribution >= 0.6 is 0 Å². The zero-order valence-electron chi connectivity index (χ0n) is 9.02. The molecule has 80 valence electrons. The van der Waals surface area contributed by atoms with E-state index in [1.807, 2.05) is 0 Å². The van der Waals surface area contributed by atoms with Gasteiger partial charge in [0, 0.05) is 25.7 Å². The standard InChI is InChI=1S/C13H18N2/c1-2-4-11(5-3-1)9-15-10-12-6-13(15)8-14-7-12/h1-5,12-14H,6-10H2/t12-,13+/m1/s1. The van der Waals surface area contributed by atoms with Gasteiger partial charge in [0.25, 0.3) is 0 Å². The predicted octanol–water partition coefficient (Wildman–Crippen LogP) is 1.48. The van der Waals surface area contributed by atoms with E-state index in [1.54, 1.807) is 0 Å². The number of hydrogen-bond acceptors (Lipinski definition) is 2. The molecule has 2 heteroatoms. The fourth-order valence-corrected chi connectivity index (χ4v) is 2.92. The van der Waals surface area contributed by atoms with Crippen molar-refractivity contribution in [2.24, 2.45) is 5.92 Å². The summed E-state index contributed by atoms with van der Waals surface area (Å²) in [6.07, 6.45) is 1.40. The SMILES string of the molecule is c1ccc(CN2C[C@H]3CNC[C@@H]2C3)cc1. The number of nitrogens with zero attached hydrogens (tertiary/aromatic N) is 1. The van der Waals surface area contributed by atoms with Crippen molar-refractivity contribution in [2.75, 3.05) is 19.6 Å². The Morgan fingerprint density at radius 2 is 2.07 bits per heavy atom. The molecule has 2 aliphatic heterocycles. The lowest BCUT2D eigenvalue weighted by Gasteiger charge is -2.24. The summed E-state index contributed by atoms with van der Waals surface area (Å²) in [5, 5.41) is 3.52. The second kappa shape index (κ2) is 3.95. The molecule has 3 rings (SSSR count). The third kappa shape index (κ3) is 1.92. The zero-order valence-corrected chi connectivity index (χ0v) is 9.02. The van der Waals surface area contributed by atoms with Gasteiger partial charge in [0.15, 0.2) is 0 Å². The fraction of sp³-hybridized carbons (Fsp3) is 0.538. The van der Waals surface area contributed by atoms with Crippen molar-refractivity contribution in [1.82, 2.24) is 10.2 Å². The average Bonchev–Trinajstić information content (AvgIpc) is 2.55. The van der Waals surface area contributed by atoms with Crippen molar-refractivity contribution in [3.05, 3.63) is 35.9 Å². The third-order valence-corrected chi connectivity index (χ3v) is 3.66. The maximum atomic E-state index is 3.52. The van der Waals surface area contributed by atoms with E-state index in [2.05, 4.69) is 40.5 Å². The quantitative estimate of drug-likeness (QED) is 0.781. The van der Waals surface area contributed by atoms with Crippen LogP contribution in [0, 0.1) is 5.92 Å². The van der Waals surface area contributed by atoms with Gasteiger partial charge < -0.3 is 5.32 Å². The van der Waals surface area contributed by atoms with E-state index < -0.39 is 0 Å². The van der Waals surface area contributed by atoms with Crippen molar-refractivity contribution in [3.8, 4) is 0 Å². The molecule has 0 aliphatic carbocycles. The Hall–Kier alpha value is -0.860. The number of hydrogen-bond donors (Lipinski definition) is 1. The highest BCUT2D eigenvalue weighted by molar-refractivity contribution is 5.15. The topological polar surface area (TPSA) is 15.3 Å². The maximum Gasteiger partial charge on any atom is 0.0237 e. The predicted molar refractivity (Wildman–Crippen MR) is 61.6 cm³/mol. The first kappa shape index (κ1) is 9.37. The van der Waals surface area contributed by atoms with E-state index in [9.17, 15) is 0 Å². The number of likely N-dealkylation sites (tertiary alicyclic amines) is 1. The Morgan fingerprint density at radius 3 is 2.87 bits per heavy atom. The zero-order chi connectivity index (χ0) is 10.1. The molecule has 0 unspecified atom stereocenters. The van der Waals surface area contributed by atoms with E-state index in [-0.39, 0.29) is 0 Å². The van der Waals surface area contributed by atoms with E-state index in [1.165, 1.54) is 31.6 Å². The minimum absolute atomic E-state index is 0.781. The molecule has 2 heterocycles. The molecular weight excluding hydrogens is 184 g/mol. The maximum absolute atomic E-state index is 3.52. The minimum Gasteiger partial charge on any atom is -0.315 e. The minimum atomic E-state index is 0.781. The first-order chi connectivity index (χ1) is 7.42. The van der Waals surface area contributed by atoms with E-state index in [4.69, 9.17) is 0 Å². The van der Waals surface area contributed by atoms with Crippen LogP contribution in [0.2, 0.25) is 0 Å². The van der Waals surface area contributed by atoms with Crippen molar-refractivity contribution in [3.63, 3.8) is 0 Å². The number of piperidine rings is 1. The molecule has 1 aromatic rings. The van der Waals surface area contributed by atoms with Crippen LogP contribution in [0.25, 0.3) is 0 Å². The number of fused-ring (bicyclic) bond motifs is 2. The van der Waals surface area contributed by atoms with Gasteiger partial charge in [-0.3, -0.25) is 4.90 Å². The summed E-state index contributed by atoms with van der Waals surface area (Å²) in [6.45, 7) is 4.82. The largest absolute Gasteiger partial charge is 0.315 e. The Kier molecular flexibility index (Phi) is 2.47. The fourth-order valence-electron chi connectivity index (χ4n) is 2.92. The summed E-state index contributed by atoms with van der Waals surface area (Å²) in [5.41, 5.74) is 1.45. The highest BCUT2D eigenvalue weighted by Crippen LogP contribution is 2.26. The Bertz CT molecular complexity index is 323. The van der Waals surface area contributed by atoms with Crippen molar-refractivity contribution in [1.29, 1.82) is 0 Å². The van der Waals surface area contributed by atoms with Gasteiger partial charge in [-0.1, -0.05) is 30.3 Å². The summed E-state index contributed by atoms with van der Waals surface area (Å²) >= 11 is 0. The highest BCUT2D eigenvalue weighted by atomic mass is 15.2. The molecule has 0 radical (unpaired) electrons. The third-order valence-electron chi connectivity index (χ3n) is 3.66. The van der Waals surface area contributed by atoms with Gasteiger partial charge in [-0.05, 0) is 24.4 Å². The van der Waals surface area contributed by atoms with E-state index in [0.717, 1.165) is 18.5 Å². The van der Waals surface area contributed by atoms with Crippen LogP contribution in [-0.2, 0) is 6.54 Å². The van der Waals surface area contributed by atoms with Crippen LogP contribution < -0.4 is 5.32 Å². The van der Waals surface area contributed by atoms with Gasteiger partial charge in [0.05, 0.1) is 0 Å². The van der Waals surface area contributed by atoms with Gasteiger partial charge in [0.2, 0.25) is 0 Å². The summed E-state index contributed by atoms with van der Waals surface area (Å²) < 4.78 is 0. The Labute approximate surface area is 91.3 Å². The van der Waals surface area contributed by atoms with Gasteiger partial charge in [0.1, 0.15) is 0 Å². The molecule has 2 aliphatic rings. The smallest absolute Gasteiger partial charge is 0.0237 e. The molecule has 2 atom stereocenters. The van der Waals surface area contributed by atoms with Crippen LogP contribution in [0.4, 0.5) is 0 Å². The van der Waals surface area contributed by atoms with Crippen molar-refractivity contribution >= 4 is 0 Å². The van der Waals surface area contributed by atoms with Gasteiger partial charge in [-0.25, -0.2) is 0 Å². The molecule has 2 fully saturated rings. The molecule has 2 bridgehead atoms. The van der Waals surface area contributed by atoms with Crippen molar-refractivity contribution in [2.45, 2.75) is 19.0 Å². The monoisotopic (exact) mass is 202 g/mol. The molecule has 0 amide bonds. The summed E-state index contributed by atoms with van der Waals surface area (Å²) in [7, 11) is 0. The molecule has 1 N–H and O–H groups in total. The van der Waals surface area contributed by atoms with E-state index in [0.29, 0.717) is 0 Å². The van der Waals surface area contributed by atoms with Gasteiger partial charge in [-0.15, -0.1) is 0 Å². The summed E-state index contributed by atoms with van der Waals surface area (Å²) in [6, 6.07) is 11.6. The highest BCUT2D eigenvalue weighted by Gasteiger charge is 2.34. The van der Waals surface area contributed by atoms with Gasteiger partial charge in [-0.2, -0.15) is 0 Å². The lowest BCUT2D eigenvalue weighted by molar-refractivity contribution is 0.246. The summed E-state index contributed by atoms with van der Waals surface area (Å²) in [4.78, 5) is 2.64. The molecule has 0 saturated carbocycles. The number of nitrogens with one attached hydrogen (secondary N) is 1.